The van der Waals surface area contributed by atoms with Gasteiger partial charge in [0, 0.05) is 27.8 Å². The normalized spacial score (nSPS) is 10.6. The van der Waals surface area contributed by atoms with Crippen LogP contribution >= 0.6 is 11.3 Å². The number of nitro groups is 1. The van der Waals surface area contributed by atoms with E-state index in [-0.39, 0.29) is 16.7 Å². The van der Waals surface area contributed by atoms with Crippen molar-refractivity contribution in [3.8, 4) is 16.9 Å². The molecule has 0 spiro atoms. The minimum Gasteiger partial charge on any atom is -0.497 e. The van der Waals surface area contributed by atoms with Gasteiger partial charge >= 0.3 is 0 Å². The largest absolute Gasteiger partial charge is 0.497 e. The number of fused-ring (bicyclic) bond motifs is 1. The van der Waals surface area contributed by atoms with Crippen LogP contribution in [0.3, 0.4) is 0 Å². The lowest BCUT2D eigenvalue weighted by atomic mass is 10.1. The van der Waals surface area contributed by atoms with Crippen molar-refractivity contribution in [1.29, 1.82) is 0 Å². The van der Waals surface area contributed by atoms with Gasteiger partial charge in [0.05, 0.1) is 17.6 Å². The van der Waals surface area contributed by atoms with Crippen molar-refractivity contribution in [1.82, 2.24) is 0 Å². The second-order valence-electron chi connectivity index (χ2n) is 6.62. The molecule has 0 aliphatic rings. The predicted molar refractivity (Wildman–Crippen MR) is 121 cm³/mol. The molecule has 1 N–H and O–H groups in total. The standard InChI is InChI=1S/C23H16N2O5S/c1-30-17-11-9-14(10-12-17)20-21(26)18-7-2-3-8-19(18)31-23(20)24-22(27)15-5-4-6-16(13-15)25(28)29/h2-13H,1H3,(H,24,27). The summed E-state index contributed by atoms with van der Waals surface area (Å²) < 4.78 is 5.91. The second-order valence-corrected chi connectivity index (χ2v) is 7.67. The van der Waals surface area contributed by atoms with Crippen LogP contribution in [0.2, 0.25) is 0 Å². The summed E-state index contributed by atoms with van der Waals surface area (Å²) in [5.41, 5.74) is 0.707. The van der Waals surface area contributed by atoms with Gasteiger partial charge in [-0.25, -0.2) is 0 Å². The second kappa shape index (κ2) is 8.37. The van der Waals surface area contributed by atoms with E-state index in [2.05, 4.69) is 5.32 Å². The minimum absolute atomic E-state index is 0.127. The van der Waals surface area contributed by atoms with Gasteiger partial charge in [0.1, 0.15) is 10.8 Å². The van der Waals surface area contributed by atoms with Gasteiger partial charge in [-0.2, -0.15) is 0 Å². The molecule has 1 aromatic heterocycles. The van der Waals surface area contributed by atoms with Crippen LogP contribution in [0.15, 0.2) is 77.6 Å². The van der Waals surface area contributed by atoms with E-state index in [4.69, 9.17) is 4.74 Å². The van der Waals surface area contributed by atoms with Gasteiger partial charge in [-0.1, -0.05) is 30.3 Å². The molecule has 0 aliphatic carbocycles. The number of hydrogen-bond acceptors (Lipinski definition) is 6. The van der Waals surface area contributed by atoms with Crippen LogP contribution in [-0.4, -0.2) is 17.9 Å². The quantitative estimate of drug-likeness (QED) is 0.350. The summed E-state index contributed by atoms with van der Waals surface area (Å²) in [5.74, 6) is 0.104. The van der Waals surface area contributed by atoms with Crippen molar-refractivity contribution in [3.63, 3.8) is 0 Å². The van der Waals surface area contributed by atoms with Crippen molar-refractivity contribution in [2.75, 3.05) is 12.4 Å². The molecular formula is C23H16N2O5S. The van der Waals surface area contributed by atoms with Crippen LogP contribution in [-0.2, 0) is 0 Å². The zero-order chi connectivity index (χ0) is 22.0. The van der Waals surface area contributed by atoms with E-state index in [1.165, 1.54) is 35.6 Å². The van der Waals surface area contributed by atoms with E-state index in [9.17, 15) is 19.7 Å². The van der Waals surface area contributed by atoms with Crippen LogP contribution in [0.5, 0.6) is 5.75 Å². The van der Waals surface area contributed by atoms with Gasteiger partial charge in [-0.05, 0) is 35.9 Å². The fraction of sp³-hybridized carbons (Fsp3) is 0.0435. The summed E-state index contributed by atoms with van der Waals surface area (Å²) >= 11 is 1.27. The molecule has 0 unspecified atom stereocenters. The average Bonchev–Trinajstić information content (AvgIpc) is 2.79. The molecule has 8 heteroatoms. The number of methoxy groups -OCH3 is 1. The van der Waals surface area contributed by atoms with Gasteiger partial charge in [0.25, 0.3) is 11.6 Å². The molecular weight excluding hydrogens is 416 g/mol. The number of nitro benzene ring substituents is 1. The molecule has 0 radical (unpaired) electrons. The molecule has 1 heterocycles. The molecule has 1 amide bonds. The fourth-order valence-corrected chi connectivity index (χ4v) is 4.28. The predicted octanol–water partition coefficient (Wildman–Crippen LogP) is 5.10. The third-order valence-electron chi connectivity index (χ3n) is 4.72. The highest BCUT2D eigenvalue weighted by atomic mass is 32.1. The first-order valence-electron chi connectivity index (χ1n) is 9.24. The lowest BCUT2D eigenvalue weighted by Gasteiger charge is -2.12. The maximum absolute atomic E-state index is 13.3. The maximum Gasteiger partial charge on any atom is 0.270 e. The Hall–Kier alpha value is -4.04. The molecule has 0 saturated carbocycles. The number of benzene rings is 3. The lowest BCUT2D eigenvalue weighted by Crippen LogP contribution is -2.15. The number of carbonyl (C=O) groups excluding carboxylic acids is 1. The zero-order valence-corrected chi connectivity index (χ0v) is 17.1. The molecule has 31 heavy (non-hydrogen) atoms. The molecule has 3 aromatic carbocycles. The first kappa shape index (κ1) is 20.2. The first-order valence-corrected chi connectivity index (χ1v) is 10.1. The van der Waals surface area contributed by atoms with Gasteiger partial charge < -0.3 is 10.1 Å². The van der Waals surface area contributed by atoms with Crippen molar-refractivity contribution in [3.05, 3.63) is 98.7 Å². The summed E-state index contributed by atoms with van der Waals surface area (Å²) in [6.07, 6.45) is 0. The molecule has 0 fully saturated rings. The fourth-order valence-electron chi connectivity index (χ4n) is 3.19. The first-order chi connectivity index (χ1) is 15.0. The van der Waals surface area contributed by atoms with E-state index < -0.39 is 10.8 Å². The highest BCUT2D eigenvalue weighted by Crippen LogP contribution is 2.34. The van der Waals surface area contributed by atoms with Crippen molar-refractivity contribution >= 4 is 38.0 Å². The van der Waals surface area contributed by atoms with Crippen LogP contribution in [0.25, 0.3) is 21.2 Å². The van der Waals surface area contributed by atoms with Crippen LogP contribution in [0.1, 0.15) is 10.4 Å². The summed E-state index contributed by atoms with van der Waals surface area (Å²) in [6, 6.07) is 19.6. The number of carbonyl (C=O) groups is 1. The highest BCUT2D eigenvalue weighted by molar-refractivity contribution is 7.22. The number of nitrogens with zero attached hydrogens (tertiary/aromatic N) is 1. The molecule has 0 atom stereocenters. The van der Waals surface area contributed by atoms with Gasteiger partial charge in [-0.15, -0.1) is 11.3 Å². The lowest BCUT2D eigenvalue weighted by molar-refractivity contribution is -0.384. The number of anilines is 1. The van der Waals surface area contributed by atoms with E-state index >= 15 is 0 Å². The SMILES string of the molecule is COc1ccc(-c2c(NC(=O)c3cccc([N+](=O)[O-])c3)sc3ccccc3c2=O)cc1. The molecule has 4 rings (SSSR count). The van der Waals surface area contributed by atoms with Gasteiger partial charge in [-0.3, -0.25) is 19.7 Å². The highest BCUT2D eigenvalue weighted by Gasteiger charge is 2.18. The Labute approximate surface area is 180 Å². The Balaban J connectivity index is 1.84. The summed E-state index contributed by atoms with van der Waals surface area (Å²) in [6.45, 7) is 0. The number of rotatable bonds is 5. The van der Waals surface area contributed by atoms with E-state index in [1.54, 1.807) is 43.5 Å². The molecule has 0 bridgehead atoms. The van der Waals surface area contributed by atoms with Crippen LogP contribution < -0.4 is 15.5 Å². The number of non-ortho nitro benzene ring substituents is 1. The minimum atomic E-state index is -0.562. The Morgan fingerprint density at radius 1 is 1.03 bits per heavy atom. The summed E-state index contributed by atoms with van der Waals surface area (Å²) in [4.78, 5) is 36.7. The van der Waals surface area contributed by atoms with Crippen molar-refractivity contribution in [2.45, 2.75) is 0 Å². The zero-order valence-electron chi connectivity index (χ0n) is 16.3. The van der Waals surface area contributed by atoms with Crippen molar-refractivity contribution in [2.24, 2.45) is 0 Å². The molecule has 7 nitrogen and oxygen atoms in total. The van der Waals surface area contributed by atoms with Crippen LogP contribution in [0.4, 0.5) is 10.7 Å². The van der Waals surface area contributed by atoms with Crippen LogP contribution in [0, 0.1) is 10.1 Å². The van der Waals surface area contributed by atoms with E-state index in [1.807, 2.05) is 12.1 Å². The number of amides is 1. The molecule has 4 aromatic rings. The van der Waals surface area contributed by atoms with Gasteiger partial charge in [0.15, 0.2) is 5.43 Å². The molecule has 154 valence electrons. The topological polar surface area (TPSA) is 98.5 Å². The molecule has 0 saturated heterocycles. The van der Waals surface area contributed by atoms with Gasteiger partial charge in [0.2, 0.25) is 0 Å². The number of nitrogens with one attached hydrogen (secondary N) is 1. The Morgan fingerprint density at radius 2 is 1.77 bits per heavy atom. The van der Waals surface area contributed by atoms with E-state index in [0.29, 0.717) is 27.3 Å². The number of ether oxygens (including phenoxy) is 1. The smallest absolute Gasteiger partial charge is 0.270 e. The molecule has 0 aliphatic heterocycles. The summed E-state index contributed by atoms with van der Waals surface area (Å²) in [7, 11) is 1.55. The Bertz CT molecular complexity index is 1360. The third-order valence-corrected chi connectivity index (χ3v) is 5.81. The maximum atomic E-state index is 13.3. The van der Waals surface area contributed by atoms with E-state index in [0.717, 1.165) is 4.70 Å². The third kappa shape index (κ3) is 4.01. The number of hydrogen-bond donors (Lipinski definition) is 1. The monoisotopic (exact) mass is 432 g/mol. The Morgan fingerprint density at radius 3 is 2.48 bits per heavy atom. The van der Waals surface area contributed by atoms with Crippen molar-refractivity contribution < 1.29 is 14.5 Å². The summed E-state index contributed by atoms with van der Waals surface area (Å²) in [5, 5.41) is 14.7. The Kier molecular flexibility index (Phi) is 5.46. The average molecular weight is 432 g/mol.